The summed E-state index contributed by atoms with van der Waals surface area (Å²) in [6.07, 6.45) is -2.74. The fourth-order valence-electron chi connectivity index (χ4n) is 3.87. The number of phosphoric ester groups is 1. The zero-order valence-electron chi connectivity index (χ0n) is 18.9. The molecule has 0 aliphatic carbocycles. The number of rotatable bonds is 9. The Morgan fingerprint density at radius 3 is 2.51 bits per heavy atom. The van der Waals surface area contributed by atoms with E-state index in [1.165, 1.54) is 30.7 Å². The van der Waals surface area contributed by atoms with Gasteiger partial charge in [0.25, 0.3) is 5.56 Å². The second-order valence-corrected chi connectivity index (χ2v) is 12.7. The highest BCUT2D eigenvalue weighted by molar-refractivity contribution is 7.66. The molecule has 0 radical (unpaired) electrons. The van der Waals surface area contributed by atoms with Crippen LogP contribution in [-0.4, -0.2) is 62.9 Å². The van der Waals surface area contributed by atoms with Crippen LogP contribution in [-0.2, 0) is 31.6 Å². The summed E-state index contributed by atoms with van der Waals surface area (Å²) in [4.78, 5) is 53.5. The van der Waals surface area contributed by atoms with Crippen molar-refractivity contribution in [2.24, 2.45) is 5.92 Å². The number of nitrogen functional groups attached to an aromatic ring is 1. The SMILES string of the molecule is CC#CC1(Cl)C(CO)[C@@H]([C@H](C)OP(=O)(O)OP(=O)(O)OP(=O)(O)O)O[C@H]1n1ccc2c(=O)[nH]c(N)nc21. The molecule has 0 spiro atoms. The lowest BCUT2D eigenvalue weighted by atomic mass is 9.87. The van der Waals surface area contributed by atoms with Crippen molar-refractivity contribution >= 4 is 52.1 Å². The standard InChI is InChI=1S/C16H22ClN4O13P3/c1-3-5-16(17)10(7-22)11(8(2)32-36(27,28)34-37(29,30)33-35(24,25)26)31-14(16)21-6-4-9-12(21)19-15(18)20-13(9)23/h4,6,8,10-11,14,22H,7H2,1-2H3,(H,27,28)(H,29,30)(H2,24,25,26)(H3,18,19,20,23)/t8-,10?,11+,14+,16?/m0/s1. The van der Waals surface area contributed by atoms with Crippen molar-refractivity contribution in [3.63, 3.8) is 0 Å². The average Bonchev–Trinajstić information content (AvgIpc) is 3.23. The van der Waals surface area contributed by atoms with Crippen molar-refractivity contribution in [2.45, 2.75) is 37.2 Å². The molecular weight excluding hydrogens is 585 g/mol. The first-order chi connectivity index (χ1) is 16.9. The summed E-state index contributed by atoms with van der Waals surface area (Å²) in [5, 5.41) is 10.3. The molecule has 1 aliphatic heterocycles. The number of aliphatic hydroxyl groups is 1. The van der Waals surface area contributed by atoms with Crippen LogP contribution >= 0.6 is 35.1 Å². The van der Waals surface area contributed by atoms with Gasteiger partial charge >= 0.3 is 23.5 Å². The van der Waals surface area contributed by atoms with Gasteiger partial charge in [-0.3, -0.25) is 14.3 Å². The highest BCUT2D eigenvalue weighted by Crippen LogP contribution is 2.67. The number of aromatic amines is 1. The number of fused-ring (bicyclic) bond motifs is 1. The molecule has 206 valence electrons. The molecule has 1 fully saturated rings. The van der Waals surface area contributed by atoms with E-state index in [4.69, 9.17) is 36.4 Å². The van der Waals surface area contributed by atoms with E-state index in [2.05, 4.69) is 30.4 Å². The number of aliphatic hydroxyl groups excluding tert-OH is 1. The van der Waals surface area contributed by atoms with Crippen molar-refractivity contribution in [1.82, 2.24) is 14.5 Å². The molecule has 8 N–H and O–H groups in total. The number of anilines is 1. The van der Waals surface area contributed by atoms with Gasteiger partial charge in [-0.05, 0) is 19.9 Å². The second-order valence-electron chi connectivity index (χ2n) is 7.70. The highest BCUT2D eigenvalue weighted by Gasteiger charge is 2.58. The molecule has 21 heteroatoms. The average molecular weight is 607 g/mol. The van der Waals surface area contributed by atoms with Gasteiger partial charge in [-0.25, -0.2) is 13.7 Å². The molecule has 0 bridgehead atoms. The Balaban J connectivity index is 1.97. The van der Waals surface area contributed by atoms with Crippen LogP contribution in [0.2, 0.25) is 0 Å². The maximum absolute atomic E-state index is 12.3. The number of nitrogens with zero attached hydrogens (tertiary/aromatic N) is 2. The van der Waals surface area contributed by atoms with Crippen LogP contribution in [0.3, 0.4) is 0 Å². The predicted molar refractivity (Wildman–Crippen MR) is 126 cm³/mol. The lowest BCUT2D eigenvalue weighted by molar-refractivity contribution is -0.0640. The maximum Gasteiger partial charge on any atom is 0.490 e. The lowest BCUT2D eigenvalue weighted by Crippen LogP contribution is -2.41. The predicted octanol–water partition coefficient (Wildman–Crippen LogP) is 0.545. The van der Waals surface area contributed by atoms with E-state index in [9.17, 15) is 33.4 Å². The number of hydrogen-bond donors (Lipinski definition) is 7. The van der Waals surface area contributed by atoms with Gasteiger partial charge in [0.15, 0.2) is 16.7 Å². The minimum Gasteiger partial charge on any atom is -0.396 e. The first kappa shape index (κ1) is 29.9. The Morgan fingerprint density at radius 1 is 1.30 bits per heavy atom. The summed E-state index contributed by atoms with van der Waals surface area (Å²) in [6, 6.07) is 1.40. The van der Waals surface area contributed by atoms with Gasteiger partial charge in [-0.2, -0.15) is 13.6 Å². The normalized spacial score (nSPS) is 28.3. The summed E-state index contributed by atoms with van der Waals surface area (Å²) >= 11 is 6.83. The smallest absolute Gasteiger partial charge is 0.396 e. The summed E-state index contributed by atoms with van der Waals surface area (Å²) in [5.74, 6) is 3.98. The summed E-state index contributed by atoms with van der Waals surface area (Å²) in [6.45, 7) is 1.92. The van der Waals surface area contributed by atoms with E-state index < -0.39 is 64.9 Å². The van der Waals surface area contributed by atoms with Crippen LogP contribution in [0, 0.1) is 17.8 Å². The Labute approximate surface area is 212 Å². The van der Waals surface area contributed by atoms with Gasteiger partial charge in [0.05, 0.1) is 24.2 Å². The Hall–Kier alpha value is -1.60. The molecular formula is C16H22ClN4O13P3. The summed E-state index contributed by atoms with van der Waals surface area (Å²) < 4.78 is 54.3. The van der Waals surface area contributed by atoms with Gasteiger partial charge in [0.2, 0.25) is 5.95 Å². The highest BCUT2D eigenvalue weighted by atomic mass is 35.5. The van der Waals surface area contributed by atoms with E-state index in [0.29, 0.717) is 0 Å². The molecule has 0 amide bonds. The number of nitrogens with two attached hydrogens (primary N) is 1. The minimum absolute atomic E-state index is 0.0482. The number of aromatic nitrogens is 3. The molecule has 3 heterocycles. The molecule has 2 aromatic rings. The van der Waals surface area contributed by atoms with Crippen LogP contribution in [0.25, 0.3) is 11.0 Å². The number of alkyl halides is 1. The molecule has 1 saturated heterocycles. The molecule has 0 aromatic carbocycles. The van der Waals surface area contributed by atoms with E-state index in [1.54, 1.807) is 0 Å². The topological polar surface area (TPSA) is 266 Å². The number of H-pyrrole nitrogens is 1. The molecule has 1 aliphatic rings. The number of hydrogen-bond acceptors (Lipinski definition) is 11. The van der Waals surface area contributed by atoms with Gasteiger partial charge in [-0.15, -0.1) is 5.92 Å². The van der Waals surface area contributed by atoms with Crippen LogP contribution in [0.1, 0.15) is 20.1 Å². The first-order valence-electron chi connectivity index (χ1n) is 10.0. The Bertz CT molecular complexity index is 1450. The first-order valence-corrected chi connectivity index (χ1v) is 14.9. The van der Waals surface area contributed by atoms with Gasteiger partial charge in [-0.1, -0.05) is 17.5 Å². The number of halogens is 1. The van der Waals surface area contributed by atoms with E-state index in [0.717, 1.165) is 0 Å². The largest absolute Gasteiger partial charge is 0.490 e. The third-order valence-corrected chi connectivity index (χ3v) is 9.61. The lowest BCUT2D eigenvalue weighted by Gasteiger charge is -2.29. The molecule has 37 heavy (non-hydrogen) atoms. The Kier molecular flexibility index (Phi) is 8.51. The molecule has 17 nitrogen and oxygen atoms in total. The number of phosphoric acid groups is 3. The van der Waals surface area contributed by atoms with Crippen molar-refractivity contribution < 1.29 is 56.3 Å². The van der Waals surface area contributed by atoms with E-state index in [1.807, 2.05) is 0 Å². The molecule has 7 atom stereocenters. The van der Waals surface area contributed by atoms with Crippen molar-refractivity contribution in [1.29, 1.82) is 0 Å². The third kappa shape index (κ3) is 6.52. The molecule has 0 saturated carbocycles. The zero-order chi connectivity index (χ0) is 28.0. The van der Waals surface area contributed by atoms with E-state index in [-0.39, 0.29) is 17.0 Å². The van der Waals surface area contributed by atoms with E-state index >= 15 is 0 Å². The van der Waals surface area contributed by atoms with Crippen LogP contribution < -0.4 is 11.3 Å². The zero-order valence-corrected chi connectivity index (χ0v) is 22.3. The molecule has 3 rings (SSSR count). The molecule has 2 aromatic heterocycles. The van der Waals surface area contributed by atoms with Crippen LogP contribution in [0.4, 0.5) is 5.95 Å². The van der Waals surface area contributed by atoms with Crippen molar-refractivity contribution in [3.05, 3.63) is 22.6 Å². The summed E-state index contributed by atoms with van der Waals surface area (Å²) in [5.41, 5.74) is 5.14. The fourth-order valence-corrected chi connectivity index (χ4v) is 7.52. The van der Waals surface area contributed by atoms with Crippen LogP contribution in [0.5, 0.6) is 0 Å². The van der Waals surface area contributed by atoms with Crippen molar-refractivity contribution in [3.8, 4) is 11.8 Å². The number of ether oxygens (including phenoxy) is 1. The van der Waals surface area contributed by atoms with Gasteiger partial charge in [0, 0.05) is 12.1 Å². The third-order valence-electron chi connectivity index (χ3n) is 5.13. The van der Waals surface area contributed by atoms with Gasteiger partial charge in [0.1, 0.15) is 0 Å². The maximum atomic E-state index is 12.3. The quantitative estimate of drug-likeness (QED) is 0.117. The monoisotopic (exact) mass is 606 g/mol. The van der Waals surface area contributed by atoms with Gasteiger partial charge < -0.3 is 39.7 Å². The number of nitrogens with one attached hydrogen (secondary N) is 1. The van der Waals surface area contributed by atoms with Crippen molar-refractivity contribution in [2.75, 3.05) is 12.3 Å². The second kappa shape index (κ2) is 10.5. The molecule has 4 unspecified atom stereocenters. The Morgan fingerprint density at radius 2 is 1.95 bits per heavy atom. The minimum atomic E-state index is -5.77. The summed E-state index contributed by atoms with van der Waals surface area (Å²) in [7, 11) is -16.9. The van der Waals surface area contributed by atoms with Crippen LogP contribution in [0.15, 0.2) is 17.1 Å². The fraction of sp³-hybridized carbons (Fsp3) is 0.500.